The molecule has 134 valence electrons. The third-order valence-corrected chi connectivity index (χ3v) is 5.29. The molecule has 1 heterocycles. The van der Waals surface area contributed by atoms with Crippen LogP contribution >= 0.6 is 11.6 Å². The van der Waals surface area contributed by atoms with Gasteiger partial charge in [0.15, 0.2) is 0 Å². The molecule has 2 atom stereocenters. The second-order valence-corrected chi connectivity index (χ2v) is 7.38. The molecule has 2 amide bonds. The summed E-state index contributed by atoms with van der Waals surface area (Å²) in [5, 5.41) is 9.45. The van der Waals surface area contributed by atoms with Gasteiger partial charge < -0.3 is 5.32 Å². The highest BCUT2D eigenvalue weighted by molar-refractivity contribution is 6.30. The predicted molar refractivity (Wildman–Crippen MR) is 98.5 cm³/mol. The van der Waals surface area contributed by atoms with Crippen molar-refractivity contribution in [3.8, 4) is 0 Å². The molecule has 3 rings (SSSR count). The van der Waals surface area contributed by atoms with Crippen molar-refractivity contribution in [1.82, 2.24) is 10.3 Å². The van der Waals surface area contributed by atoms with Crippen molar-refractivity contribution in [2.45, 2.75) is 51.5 Å². The molecule has 0 radical (unpaired) electrons. The van der Waals surface area contributed by atoms with Gasteiger partial charge in [0.25, 0.3) is 0 Å². The van der Waals surface area contributed by atoms with E-state index in [1.807, 2.05) is 12.1 Å². The number of halogens is 1. The van der Waals surface area contributed by atoms with Crippen molar-refractivity contribution in [3.05, 3.63) is 34.9 Å². The fourth-order valence-corrected chi connectivity index (χ4v) is 3.62. The zero-order valence-electron chi connectivity index (χ0n) is 14.5. The summed E-state index contributed by atoms with van der Waals surface area (Å²) in [6, 6.07) is 7.59. The summed E-state index contributed by atoms with van der Waals surface area (Å²) in [7, 11) is 0. The molecule has 1 aromatic rings. The van der Waals surface area contributed by atoms with Crippen LogP contribution in [-0.4, -0.2) is 35.1 Å². The smallest absolute Gasteiger partial charge is 0.243 e. The molecular weight excluding hydrogens is 338 g/mol. The first-order chi connectivity index (χ1) is 12.0. The fraction of sp³-hybridized carbons (Fsp3) is 0.526. The summed E-state index contributed by atoms with van der Waals surface area (Å²) < 4.78 is 0. The molecule has 0 saturated heterocycles. The Labute approximate surface area is 153 Å². The highest BCUT2D eigenvalue weighted by atomic mass is 35.5. The molecule has 25 heavy (non-hydrogen) atoms. The van der Waals surface area contributed by atoms with Crippen LogP contribution in [0.2, 0.25) is 5.02 Å². The second-order valence-electron chi connectivity index (χ2n) is 6.94. The molecular formula is C19H24ClN3O2. The molecule has 6 heteroatoms. The van der Waals surface area contributed by atoms with Crippen LogP contribution in [0.25, 0.3) is 0 Å². The van der Waals surface area contributed by atoms with Crippen LogP contribution in [0.5, 0.6) is 0 Å². The minimum Gasteiger partial charge on any atom is -0.351 e. The molecule has 1 fully saturated rings. The molecule has 0 spiro atoms. The molecule has 0 aromatic heterocycles. The normalized spacial score (nSPS) is 24.0. The second kappa shape index (κ2) is 8.00. The summed E-state index contributed by atoms with van der Waals surface area (Å²) >= 11 is 5.92. The van der Waals surface area contributed by atoms with Crippen molar-refractivity contribution < 1.29 is 9.59 Å². The number of rotatable bonds is 4. The van der Waals surface area contributed by atoms with Gasteiger partial charge in [0, 0.05) is 23.9 Å². The quantitative estimate of drug-likeness (QED) is 0.893. The summed E-state index contributed by atoms with van der Waals surface area (Å²) in [6.07, 6.45) is 5.49. The third kappa shape index (κ3) is 4.60. The van der Waals surface area contributed by atoms with Crippen molar-refractivity contribution in [3.63, 3.8) is 0 Å². The van der Waals surface area contributed by atoms with E-state index in [9.17, 15) is 9.59 Å². The standard InChI is InChI=1S/C19H24ClN3O2/c1-13-4-2-3-5-16(13)21-18(24)12-23-19(25)11-10-17(22-23)14-6-8-15(20)9-7-14/h6-9,13,16H,2-5,10-12H2,1H3,(H,21,24). The average molecular weight is 362 g/mol. The molecule has 1 saturated carbocycles. The van der Waals surface area contributed by atoms with E-state index in [4.69, 9.17) is 11.6 Å². The summed E-state index contributed by atoms with van der Waals surface area (Å²) in [5.41, 5.74) is 1.75. The Morgan fingerprint density at radius 2 is 1.96 bits per heavy atom. The van der Waals surface area contributed by atoms with Gasteiger partial charge in [0.2, 0.25) is 11.8 Å². The largest absolute Gasteiger partial charge is 0.351 e. The Balaban J connectivity index is 1.65. The Hall–Kier alpha value is -1.88. The average Bonchev–Trinajstić information content (AvgIpc) is 2.60. The fourth-order valence-electron chi connectivity index (χ4n) is 3.49. The van der Waals surface area contributed by atoms with Gasteiger partial charge in [-0.3, -0.25) is 9.59 Å². The molecule has 0 bridgehead atoms. The minimum atomic E-state index is -0.131. The molecule has 1 aliphatic carbocycles. The van der Waals surface area contributed by atoms with Crippen molar-refractivity contribution in [2.75, 3.05) is 6.54 Å². The lowest BCUT2D eigenvalue weighted by Crippen LogP contribution is -2.46. The number of hydrogen-bond acceptors (Lipinski definition) is 3. The van der Waals surface area contributed by atoms with Crippen molar-refractivity contribution >= 4 is 29.1 Å². The van der Waals surface area contributed by atoms with Crippen LogP contribution in [0.1, 0.15) is 51.0 Å². The number of nitrogens with zero attached hydrogens (tertiary/aromatic N) is 2. The van der Waals surface area contributed by atoms with Crippen LogP contribution in [0.3, 0.4) is 0 Å². The maximum Gasteiger partial charge on any atom is 0.243 e. The number of carbonyl (C=O) groups is 2. The Morgan fingerprint density at radius 3 is 2.68 bits per heavy atom. The van der Waals surface area contributed by atoms with Gasteiger partial charge in [-0.1, -0.05) is 43.5 Å². The van der Waals surface area contributed by atoms with Gasteiger partial charge in [-0.25, -0.2) is 5.01 Å². The number of hydrazone groups is 1. The molecule has 5 nitrogen and oxygen atoms in total. The van der Waals surface area contributed by atoms with E-state index in [0.717, 1.165) is 30.5 Å². The van der Waals surface area contributed by atoms with Crippen LogP contribution < -0.4 is 5.32 Å². The minimum absolute atomic E-state index is 0.0147. The van der Waals surface area contributed by atoms with Crippen LogP contribution in [0, 0.1) is 5.92 Å². The van der Waals surface area contributed by atoms with E-state index < -0.39 is 0 Å². The molecule has 2 aliphatic rings. The van der Waals surface area contributed by atoms with Gasteiger partial charge in [-0.15, -0.1) is 0 Å². The first kappa shape index (κ1) is 17.9. The monoisotopic (exact) mass is 361 g/mol. The number of nitrogens with one attached hydrogen (secondary N) is 1. The summed E-state index contributed by atoms with van der Waals surface area (Å²) in [6.45, 7) is 2.16. The Morgan fingerprint density at radius 1 is 1.24 bits per heavy atom. The Kier molecular flexibility index (Phi) is 5.74. The number of benzene rings is 1. The first-order valence-corrected chi connectivity index (χ1v) is 9.34. The lowest BCUT2D eigenvalue weighted by atomic mass is 9.86. The SMILES string of the molecule is CC1CCCCC1NC(=O)CN1N=C(c2ccc(Cl)cc2)CCC1=O. The van der Waals surface area contributed by atoms with E-state index >= 15 is 0 Å². The van der Waals surface area contributed by atoms with Gasteiger partial charge in [-0.05, 0) is 36.5 Å². The molecule has 2 unspecified atom stereocenters. The zero-order chi connectivity index (χ0) is 17.8. The van der Waals surface area contributed by atoms with Crippen molar-refractivity contribution in [1.29, 1.82) is 0 Å². The lowest BCUT2D eigenvalue weighted by molar-refractivity contribution is -0.136. The van der Waals surface area contributed by atoms with E-state index in [0.29, 0.717) is 23.8 Å². The maximum atomic E-state index is 12.4. The van der Waals surface area contributed by atoms with E-state index in [1.165, 1.54) is 11.4 Å². The van der Waals surface area contributed by atoms with Crippen LogP contribution in [-0.2, 0) is 9.59 Å². The van der Waals surface area contributed by atoms with Gasteiger partial charge >= 0.3 is 0 Å². The highest BCUT2D eigenvalue weighted by Gasteiger charge is 2.26. The number of hydrogen-bond donors (Lipinski definition) is 1. The zero-order valence-corrected chi connectivity index (χ0v) is 15.3. The summed E-state index contributed by atoms with van der Waals surface area (Å²) in [4.78, 5) is 24.5. The first-order valence-electron chi connectivity index (χ1n) is 8.96. The maximum absolute atomic E-state index is 12.4. The van der Waals surface area contributed by atoms with Gasteiger partial charge in [0.1, 0.15) is 6.54 Å². The van der Waals surface area contributed by atoms with Crippen molar-refractivity contribution in [2.24, 2.45) is 11.0 Å². The van der Waals surface area contributed by atoms with E-state index in [-0.39, 0.29) is 24.4 Å². The van der Waals surface area contributed by atoms with Gasteiger partial charge in [-0.2, -0.15) is 5.10 Å². The van der Waals surface area contributed by atoms with E-state index in [1.54, 1.807) is 12.1 Å². The molecule has 1 N–H and O–H groups in total. The predicted octanol–water partition coefficient (Wildman–Crippen LogP) is 3.36. The molecule has 1 aromatic carbocycles. The number of amides is 2. The summed E-state index contributed by atoms with van der Waals surface area (Å²) in [5.74, 6) is 0.251. The topological polar surface area (TPSA) is 61.8 Å². The van der Waals surface area contributed by atoms with Crippen LogP contribution in [0.4, 0.5) is 0 Å². The highest BCUT2D eigenvalue weighted by Crippen LogP contribution is 2.24. The van der Waals surface area contributed by atoms with Crippen LogP contribution in [0.15, 0.2) is 29.4 Å². The number of carbonyl (C=O) groups excluding carboxylic acids is 2. The van der Waals surface area contributed by atoms with Gasteiger partial charge in [0.05, 0.1) is 5.71 Å². The Bertz CT molecular complexity index is 672. The molecule has 1 aliphatic heterocycles. The third-order valence-electron chi connectivity index (χ3n) is 5.03. The lowest BCUT2D eigenvalue weighted by Gasteiger charge is -2.30. The van der Waals surface area contributed by atoms with E-state index in [2.05, 4.69) is 17.3 Å².